The number of hydrogen-bond acceptors (Lipinski definition) is 7. The predicted octanol–water partition coefficient (Wildman–Crippen LogP) is 1.79. The Morgan fingerprint density at radius 3 is 2.95 bits per heavy atom. The molecule has 0 fully saturated rings. The van der Waals surface area contributed by atoms with Crippen LogP contribution >= 0.6 is 0 Å². The number of allylic oxidation sites excluding steroid dienone is 4. The molecule has 0 radical (unpaired) electrons. The highest BCUT2D eigenvalue weighted by Crippen LogP contribution is 2.23. The van der Waals surface area contributed by atoms with E-state index in [1.165, 1.54) is 6.26 Å². The van der Waals surface area contributed by atoms with E-state index in [0.717, 1.165) is 6.42 Å². The van der Waals surface area contributed by atoms with Gasteiger partial charge in [0.1, 0.15) is 12.1 Å². The first-order valence-electron chi connectivity index (χ1n) is 5.83. The summed E-state index contributed by atoms with van der Waals surface area (Å²) in [5, 5.41) is 6.65. The van der Waals surface area contributed by atoms with Gasteiger partial charge in [0.05, 0.1) is 0 Å². The quantitative estimate of drug-likeness (QED) is 0.862. The molecule has 0 bridgehead atoms. The lowest BCUT2D eigenvalue weighted by molar-refractivity contribution is 0.423. The Bertz CT molecular complexity index is 619. The molecule has 19 heavy (non-hydrogen) atoms. The van der Waals surface area contributed by atoms with Crippen molar-refractivity contribution in [2.24, 2.45) is 0 Å². The van der Waals surface area contributed by atoms with Gasteiger partial charge in [-0.15, -0.1) is 0 Å². The zero-order chi connectivity index (χ0) is 13.1. The Kier molecular flexibility index (Phi) is 2.93. The monoisotopic (exact) mass is 256 g/mol. The van der Waals surface area contributed by atoms with Crippen LogP contribution in [0.2, 0.25) is 0 Å². The highest BCUT2D eigenvalue weighted by Gasteiger charge is 2.14. The first-order valence-corrected chi connectivity index (χ1v) is 5.83. The van der Waals surface area contributed by atoms with Crippen LogP contribution in [0, 0.1) is 0 Å². The first kappa shape index (κ1) is 11.4. The molecule has 2 aromatic rings. The largest absolute Gasteiger partial charge is 0.368 e. The molecule has 0 saturated carbocycles. The third-order valence-electron chi connectivity index (χ3n) is 2.66. The lowest BCUT2D eigenvalue weighted by atomic mass is 10.0. The molecule has 3 N–H and O–H groups in total. The topological polar surface area (TPSA) is 103 Å². The minimum absolute atomic E-state index is 0.119. The molecule has 3 rings (SSSR count). The van der Waals surface area contributed by atoms with Crippen molar-refractivity contribution < 1.29 is 4.52 Å². The van der Waals surface area contributed by atoms with E-state index in [4.69, 9.17) is 10.3 Å². The van der Waals surface area contributed by atoms with Crippen LogP contribution < -0.4 is 11.1 Å². The number of nitrogens with two attached hydrogens (primary N) is 1. The summed E-state index contributed by atoms with van der Waals surface area (Å²) in [4.78, 5) is 12.5. The summed E-state index contributed by atoms with van der Waals surface area (Å²) in [6, 6.07) is 1.67. The van der Waals surface area contributed by atoms with Gasteiger partial charge in [0.15, 0.2) is 5.82 Å². The van der Waals surface area contributed by atoms with Crippen molar-refractivity contribution in [3.05, 3.63) is 42.5 Å². The molecule has 1 aliphatic carbocycles. The molecule has 1 aliphatic rings. The standard InChI is InChI=1S/C12H12N6O/c13-11-15-10(8-4-2-1-3-5-8)16-12(17-11)14-9-6-7-19-18-9/h1-4,6-8H,5H2,(H3,13,14,15,16,17,18). The van der Waals surface area contributed by atoms with Gasteiger partial charge in [-0.3, -0.25) is 0 Å². The fraction of sp³-hybridized carbons (Fsp3) is 0.167. The van der Waals surface area contributed by atoms with E-state index in [2.05, 4.69) is 31.5 Å². The van der Waals surface area contributed by atoms with Crippen LogP contribution in [-0.2, 0) is 0 Å². The summed E-state index contributed by atoms with van der Waals surface area (Å²) in [6.45, 7) is 0. The van der Waals surface area contributed by atoms with Gasteiger partial charge in [-0.25, -0.2) is 0 Å². The van der Waals surface area contributed by atoms with Gasteiger partial charge in [0, 0.05) is 12.0 Å². The van der Waals surface area contributed by atoms with Crippen molar-refractivity contribution >= 4 is 17.7 Å². The molecule has 0 aliphatic heterocycles. The second kappa shape index (κ2) is 4.89. The van der Waals surface area contributed by atoms with Gasteiger partial charge in [-0.2, -0.15) is 15.0 Å². The van der Waals surface area contributed by atoms with Crippen molar-refractivity contribution in [3.63, 3.8) is 0 Å². The maximum Gasteiger partial charge on any atom is 0.233 e. The van der Waals surface area contributed by atoms with Gasteiger partial charge in [-0.05, 0) is 6.42 Å². The molecule has 0 aromatic carbocycles. The molecule has 0 saturated heterocycles. The van der Waals surface area contributed by atoms with Crippen molar-refractivity contribution in [1.29, 1.82) is 0 Å². The maximum atomic E-state index is 5.71. The van der Waals surface area contributed by atoms with E-state index < -0.39 is 0 Å². The number of anilines is 3. The van der Waals surface area contributed by atoms with Crippen molar-refractivity contribution in [3.8, 4) is 0 Å². The molecule has 1 atom stereocenters. The summed E-state index contributed by atoms with van der Waals surface area (Å²) in [7, 11) is 0. The van der Waals surface area contributed by atoms with Crippen molar-refractivity contribution in [2.45, 2.75) is 12.3 Å². The molecule has 0 spiro atoms. The molecular weight excluding hydrogens is 244 g/mol. The summed E-state index contributed by atoms with van der Waals surface area (Å²) < 4.78 is 4.73. The van der Waals surface area contributed by atoms with Crippen LogP contribution in [0.15, 0.2) is 41.2 Å². The van der Waals surface area contributed by atoms with E-state index in [9.17, 15) is 0 Å². The lowest BCUT2D eigenvalue weighted by Gasteiger charge is -2.12. The molecule has 1 unspecified atom stereocenters. The van der Waals surface area contributed by atoms with Crippen LogP contribution in [-0.4, -0.2) is 20.1 Å². The number of nitrogen functional groups attached to an aromatic ring is 1. The minimum atomic E-state index is 0.119. The molecule has 7 heteroatoms. The second-order valence-corrected chi connectivity index (χ2v) is 4.04. The van der Waals surface area contributed by atoms with Crippen LogP contribution in [0.4, 0.5) is 17.7 Å². The Balaban J connectivity index is 1.87. The summed E-state index contributed by atoms with van der Waals surface area (Å²) in [6.07, 6.45) is 10.4. The highest BCUT2D eigenvalue weighted by molar-refractivity contribution is 5.47. The summed E-state index contributed by atoms with van der Waals surface area (Å²) in [5.74, 6) is 1.82. The van der Waals surface area contributed by atoms with E-state index in [1.807, 2.05) is 18.2 Å². The second-order valence-electron chi connectivity index (χ2n) is 4.04. The van der Waals surface area contributed by atoms with Crippen molar-refractivity contribution in [1.82, 2.24) is 20.1 Å². The molecule has 0 amide bonds. The fourth-order valence-corrected chi connectivity index (χ4v) is 1.79. The SMILES string of the molecule is Nc1nc(Nc2ccon2)nc(C2C=CC=CC2)n1. The average molecular weight is 256 g/mol. The van der Waals surface area contributed by atoms with Crippen molar-refractivity contribution in [2.75, 3.05) is 11.1 Å². The van der Waals surface area contributed by atoms with Gasteiger partial charge in [0.25, 0.3) is 0 Å². The normalized spacial score (nSPS) is 17.6. The van der Waals surface area contributed by atoms with Gasteiger partial charge in [0.2, 0.25) is 11.9 Å². The smallest absolute Gasteiger partial charge is 0.233 e. The predicted molar refractivity (Wildman–Crippen MR) is 69.7 cm³/mol. The molecular formula is C12H12N6O. The molecule has 7 nitrogen and oxygen atoms in total. The van der Waals surface area contributed by atoms with Gasteiger partial charge in [-0.1, -0.05) is 29.5 Å². The maximum absolute atomic E-state index is 5.71. The third-order valence-corrected chi connectivity index (χ3v) is 2.66. The molecule has 2 aromatic heterocycles. The zero-order valence-corrected chi connectivity index (χ0v) is 10.0. The summed E-state index contributed by atoms with van der Waals surface area (Å²) in [5.41, 5.74) is 5.71. The number of nitrogens with zero attached hydrogens (tertiary/aromatic N) is 4. The lowest BCUT2D eigenvalue weighted by Crippen LogP contribution is -2.10. The van der Waals surface area contributed by atoms with Crippen LogP contribution in [0.3, 0.4) is 0 Å². The average Bonchev–Trinajstić information content (AvgIpc) is 2.92. The Morgan fingerprint density at radius 2 is 2.21 bits per heavy atom. The van der Waals surface area contributed by atoms with E-state index in [0.29, 0.717) is 17.6 Å². The number of aromatic nitrogens is 4. The van der Waals surface area contributed by atoms with Gasteiger partial charge < -0.3 is 15.6 Å². The number of rotatable bonds is 3. The van der Waals surface area contributed by atoms with E-state index in [1.54, 1.807) is 6.07 Å². The number of hydrogen-bond donors (Lipinski definition) is 2. The van der Waals surface area contributed by atoms with E-state index >= 15 is 0 Å². The highest BCUT2D eigenvalue weighted by atomic mass is 16.5. The Labute approximate surface area is 109 Å². The minimum Gasteiger partial charge on any atom is -0.368 e. The van der Waals surface area contributed by atoms with Gasteiger partial charge >= 0.3 is 0 Å². The third kappa shape index (κ3) is 2.59. The first-order chi connectivity index (χ1) is 9.31. The molecule has 96 valence electrons. The Hall–Kier alpha value is -2.70. The Morgan fingerprint density at radius 1 is 1.26 bits per heavy atom. The fourth-order valence-electron chi connectivity index (χ4n) is 1.79. The van der Waals surface area contributed by atoms with Crippen LogP contribution in [0.25, 0.3) is 0 Å². The number of nitrogens with one attached hydrogen (secondary N) is 1. The molecule has 2 heterocycles. The summed E-state index contributed by atoms with van der Waals surface area (Å²) >= 11 is 0. The van der Waals surface area contributed by atoms with E-state index in [-0.39, 0.29) is 11.9 Å². The van der Waals surface area contributed by atoms with Crippen LogP contribution in [0.5, 0.6) is 0 Å². The van der Waals surface area contributed by atoms with Crippen LogP contribution in [0.1, 0.15) is 18.2 Å². The zero-order valence-electron chi connectivity index (χ0n) is 10.0.